The molecule has 1 aliphatic rings. The Hall–Kier alpha value is -3.02. The van der Waals surface area contributed by atoms with Crippen molar-refractivity contribution in [2.75, 3.05) is 0 Å². The Kier molecular flexibility index (Phi) is 3.02. The normalized spacial score (nSPS) is 17.4. The van der Waals surface area contributed by atoms with Crippen molar-refractivity contribution < 1.29 is 30.0 Å². The molecule has 6 heteroatoms. The van der Waals surface area contributed by atoms with E-state index in [1.165, 1.54) is 18.2 Å². The van der Waals surface area contributed by atoms with Gasteiger partial charge in [-0.25, -0.2) is 0 Å². The zero-order valence-electron chi connectivity index (χ0n) is 11.3. The highest BCUT2D eigenvalue weighted by Gasteiger charge is 2.36. The number of Topliss-reactive ketones (excluding diaryl/α,β-unsaturated/α-hetero) is 2. The van der Waals surface area contributed by atoms with Crippen LogP contribution < -0.4 is 0 Å². The minimum Gasteiger partial charge on any atom is -0.508 e. The Morgan fingerprint density at radius 3 is 2.27 bits per heavy atom. The summed E-state index contributed by atoms with van der Waals surface area (Å²) in [6.45, 7) is 0. The van der Waals surface area contributed by atoms with Gasteiger partial charge in [0.2, 0.25) is 0 Å². The number of aromatic hydroxyl groups is 4. The third kappa shape index (κ3) is 2.05. The number of ketones is 2. The molecule has 2 aromatic carbocycles. The van der Waals surface area contributed by atoms with Crippen molar-refractivity contribution in [3.63, 3.8) is 0 Å². The molecule has 6 nitrogen and oxygen atoms in total. The fourth-order valence-electron chi connectivity index (χ4n) is 2.69. The van der Waals surface area contributed by atoms with Gasteiger partial charge in [-0.15, -0.1) is 0 Å². The van der Waals surface area contributed by atoms with Gasteiger partial charge in [0.25, 0.3) is 0 Å². The summed E-state index contributed by atoms with van der Waals surface area (Å²) in [7, 11) is 0. The van der Waals surface area contributed by atoms with Crippen molar-refractivity contribution >= 4 is 11.6 Å². The van der Waals surface area contributed by atoms with Crippen LogP contribution in [0, 0.1) is 0 Å². The van der Waals surface area contributed by atoms with E-state index in [9.17, 15) is 30.0 Å². The minimum absolute atomic E-state index is 0.0497. The zero-order valence-corrected chi connectivity index (χ0v) is 11.3. The van der Waals surface area contributed by atoms with Crippen molar-refractivity contribution in [1.29, 1.82) is 0 Å². The fourth-order valence-corrected chi connectivity index (χ4v) is 2.69. The summed E-state index contributed by atoms with van der Waals surface area (Å²) in [4.78, 5) is 24.7. The molecule has 4 N–H and O–H groups in total. The van der Waals surface area contributed by atoms with Gasteiger partial charge in [0.15, 0.2) is 23.1 Å². The summed E-state index contributed by atoms with van der Waals surface area (Å²) in [6, 6.07) is 6.05. The highest BCUT2D eigenvalue weighted by atomic mass is 16.3. The average Bonchev–Trinajstić information content (AvgIpc) is 2.45. The lowest BCUT2D eigenvalue weighted by Gasteiger charge is -2.23. The second-order valence-electron chi connectivity index (χ2n) is 5.18. The quantitative estimate of drug-likeness (QED) is 0.599. The van der Waals surface area contributed by atoms with Gasteiger partial charge in [-0.1, -0.05) is 6.07 Å². The summed E-state index contributed by atoms with van der Waals surface area (Å²) in [5.41, 5.74) is 0.232. The van der Waals surface area contributed by atoms with Crippen LogP contribution in [0.1, 0.15) is 38.6 Å². The lowest BCUT2D eigenvalue weighted by atomic mass is 9.78. The van der Waals surface area contributed by atoms with E-state index in [0.29, 0.717) is 5.56 Å². The third-order valence-electron chi connectivity index (χ3n) is 3.75. The lowest BCUT2D eigenvalue weighted by molar-refractivity contribution is 0.0862. The standard InChI is InChI=1S/C16H12O6/c17-8-4-10-15(13(20)5-8)14(21)6-9(16(10)22)7-1-2-11(18)12(19)3-7/h1-5,9,17-20H,6H2. The van der Waals surface area contributed by atoms with Gasteiger partial charge in [0, 0.05) is 18.1 Å². The molecule has 0 spiro atoms. The van der Waals surface area contributed by atoms with Crippen molar-refractivity contribution in [1.82, 2.24) is 0 Å². The highest BCUT2D eigenvalue weighted by molar-refractivity contribution is 6.18. The van der Waals surface area contributed by atoms with E-state index in [-0.39, 0.29) is 34.8 Å². The molecule has 0 amide bonds. The monoisotopic (exact) mass is 300 g/mol. The number of carbonyl (C=O) groups excluding carboxylic acids is 2. The molecule has 22 heavy (non-hydrogen) atoms. The number of hydrogen-bond acceptors (Lipinski definition) is 6. The summed E-state index contributed by atoms with van der Waals surface area (Å²) in [5.74, 6) is -3.16. The number of carbonyl (C=O) groups is 2. The van der Waals surface area contributed by atoms with Gasteiger partial charge in [-0.2, -0.15) is 0 Å². The summed E-state index contributed by atoms with van der Waals surface area (Å²) >= 11 is 0. The molecule has 0 saturated heterocycles. The maximum atomic E-state index is 12.5. The molecular formula is C16H12O6. The van der Waals surface area contributed by atoms with Gasteiger partial charge in [-0.3, -0.25) is 9.59 Å². The number of fused-ring (bicyclic) bond motifs is 1. The SMILES string of the molecule is O=C1CC(c2ccc(O)c(O)c2)C(=O)c2cc(O)cc(O)c21. The molecular weight excluding hydrogens is 288 g/mol. The second kappa shape index (κ2) is 4.77. The molecule has 1 unspecified atom stereocenters. The van der Waals surface area contributed by atoms with Crippen molar-refractivity contribution in [3.05, 3.63) is 47.0 Å². The van der Waals surface area contributed by atoms with E-state index < -0.39 is 23.2 Å². The Morgan fingerprint density at radius 1 is 0.864 bits per heavy atom. The Labute approximate surface area is 124 Å². The summed E-state index contributed by atoms with van der Waals surface area (Å²) in [5, 5.41) is 38.1. The largest absolute Gasteiger partial charge is 0.508 e. The number of benzene rings is 2. The fraction of sp³-hybridized carbons (Fsp3) is 0.125. The van der Waals surface area contributed by atoms with Crippen molar-refractivity contribution in [2.45, 2.75) is 12.3 Å². The number of hydrogen-bond donors (Lipinski definition) is 4. The topological polar surface area (TPSA) is 115 Å². The predicted molar refractivity (Wildman–Crippen MR) is 75.6 cm³/mol. The van der Waals surface area contributed by atoms with Gasteiger partial charge in [0.05, 0.1) is 11.5 Å². The van der Waals surface area contributed by atoms with Gasteiger partial charge < -0.3 is 20.4 Å². The van der Waals surface area contributed by atoms with Crippen LogP contribution in [0.2, 0.25) is 0 Å². The molecule has 1 atom stereocenters. The third-order valence-corrected chi connectivity index (χ3v) is 3.75. The summed E-state index contributed by atoms with van der Waals surface area (Å²) < 4.78 is 0. The van der Waals surface area contributed by atoms with E-state index in [2.05, 4.69) is 0 Å². The lowest BCUT2D eigenvalue weighted by Crippen LogP contribution is -2.25. The molecule has 2 aromatic rings. The van der Waals surface area contributed by atoms with Crippen LogP contribution in [0.25, 0.3) is 0 Å². The van der Waals surface area contributed by atoms with Crippen LogP contribution in [-0.2, 0) is 0 Å². The maximum absolute atomic E-state index is 12.5. The van der Waals surface area contributed by atoms with Crippen LogP contribution in [0.5, 0.6) is 23.0 Å². The first-order chi connectivity index (χ1) is 10.4. The van der Waals surface area contributed by atoms with Crippen LogP contribution in [0.4, 0.5) is 0 Å². The molecule has 0 aliphatic heterocycles. The van der Waals surface area contributed by atoms with Crippen LogP contribution in [0.15, 0.2) is 30.3 Å². The molecule has 0 aromatic heterocycles. The molecule has 0 fully saturated rings. The molecule has 1 aliphatic carbocycles. The van der Waals surface area contributed by atoms with Gasteiger partial charge in [0.1, 0.15) is 11.5 Å². The van der Waals surface area contributed by atoms with Crippen molar-refractivity contribution in [3.8, 4) is 23.0 Å². The number of rotatable bonds is 1. The molecule has 0 saturated carbocycles. The van der Waals surface area contributed by atoms with Crippen molar-refractivity contribution in [2.24, 2.45) is 0 Å². The van der Waals surface area contributed by atoms with Crippen LogP contribution in [-0.4, -0.2) is 32.0 Å². The first-order valence-corrected chi connectivity index (χ1v) is 6.53. The molecule has 112 valence electrons. The van der Waals surface area contributed by atoms with E-state index in [0.717, 1.165) is 12.1 Å². The molecule has 0 bridgehead atoms. The van der Waals surface area contributed by atoms with Gasteiger partial charge in [-0.05, 0) is 23.8 Å². The second-order valence-corrected chi connectivity index (χ2v) is 5.18. The Morgan fingerprint density at radius 2 is 1.59 bits per heavy atom. The minimum atomic E-state index is -0.840. The van der Waals surface area contributed by atoms with Gasteiger partial charge >= 0.3 is 0 Å². The highest BCUT2D eigenvalue weighted by Crippen LogP contribution is 2.40. The number of phenolic OH excluding ortho intramolecular Hbond substituents is 4. The smallest absolute Gasteiger partial charge is 0.171 e. The maximum Gasteiger partial charge on any atom is 0.171 e. The van der Waals surface area contributed by atoms with Crippen LogP contribution in [0.3, 0.4) is 0 Å². The molecule has 0 radical (unpaired) electrons. The number of phenols is 4. The molecule has 0 heterocycles. The van der Waals surface area contributed by atoms with Crippen LogP contribution >= 0.6 is 0 Å². The predicted octanol–water partition coefficient (Wildman–Crippen LogP) is 2.06. The zero-order chi connectivity index (χ0) is 16.0. The van der Waals surface area contributed by atoms with E-state index in [1.807, 2.05) is 0 Å². The van der Waals surface area contributed by atoms with E-state index >= 15 is 0 Å². The average molecular weight is 300 g/mol. The Balaban J connectivity index is 2.12. The summed E-state index contributed by atoms with van der Waals surface area (Å²) in [6.07, 6.45) is -0.158. The molecule has 3 rings (SSSR count). The first kappa shape index (κ1) is 13.9. The Bertz CT molecular complexity index is 809. The first-order valence-electron chi connectivity index (χ1n) is 6.53. The van der Waals surface area contributed by atoms with E-state index in [1.54, 1.807) is 0 Å². The van der Waals surface area contributed by atoms with E-state index in [4.69, 9.17) is 0 Å².